The van der Waals surface area contributed by atoms with Gasteiger partial charge >= 0.3 is 0 Å². The number of amides is 2. The number of benzene rings is 2. The van der Waals surface area contributed by atoms with Crippen molar-refractivity contribution in [3.8, 4) is 0 Å². The van der Waals surface area contributed by atoms with E-state index in [0.29, 0.717) is 35.9 Å². The number of aromatic nitrogens is 2. The van der Waals surface area contributed by atoms with Gasteiger partial charge in [-0.3, -0.25) is 9.59 Å². The first-order chi connectivity index (χ1) is 15.0. The molecule has 0 radical (unpaired) electrons. The lowest BCUT2D eigenvalue weighted by atomic mass is 10.1. The van der Waals surface area contributed by atoms with Gasteiger partial charge in [-0.15, -0.1) is 0 Å². The summed E-state index contributed by atoms with van der Waals surface area (Å²) in [5, 5.41) is 7.71. The van der Waals surface area contributed by atoms with Crippen LogP contribution in [0.2, 0.25) is 5.15 Å². The fraction of sp³-hybridized carbons (Fsp3) is 0.292. The maximum atomic E-state index is 12.9. The number of halogens is 1. The molecule has 0 aliphatic carbocycles. The molecule has 3 aromatic rings. The number of hydrogen-bond donors (Lipinski definition) is 1. The highest BCUT2D eigenvalue weighted by Gasteiger charge is 2.21. The fourth-order valence-corrected chi connectivity index (χ4v) is 4.18. The number of rotatable bonds is 6. The van der Waals surface area contributed by atoms with Crippen molar-refractivity contribution in [3.05, 3.63) is 82.1 Å². The third kappa shape index (κ3) is 4.80. The van der Waals surface area contributed by atoms with E-state index in [1.54, 1.807) is 11.6 Å². The van der Waals surface area contributed by atoms with E-state index in [9.17, 15) is 9.59 Å². The van der Waals surface area contributed by atoms with Gasteiger partial charge in [0.1, 0.15) is 5.15 Å². The normalized spacial score (nSPS) is 14.0. The molecule has 0 saturated carbocycles. The summed E-state index contributed by atoms with van der Waals surface area (Å²) in [4.78, 5) is 26.9. The Kier molecular flexibility index (Phi) is 6.37. The molecule has 1 fully saturated rings. The van der Waals surface area contributed by atoms with Crippen molar-refractivity contribution in [2.75, 3.05) is 11.4 Å². The molecule has 1 aromatic heterocycles. The molecule has 0 atom stereocenters. The highest BCUT2D eigenvalue weighted by molar-refractivity contribution is 6.33. The average molecular weight is 437 g/mol. The third-order valence-corrected chi connectivity index (χ3v) is 5.85. The second-order valence-electron chi connectivity index (χ2n) is 7.75. The Morgan fingerprint density at radius 2 is 1.87 bits per heavy atom. The van der Waals surface area contributed by atoms with Crippen molar-refractivity contribution in [3.63, 3.8) is 0 Å². The molecule has 2 heterocycles. The van der Waals surface area contributed by atoms with Crippen LogP contribution in [0.4, 0.5) is 5.69 Å². The van der Waals surface area contributed by atoms with Crippen LogP contribution in [0.3, 0.4) is 0 Å². The predicted octanol–water partition coefficient (Wildman–Crippen LogP) is 4.34. The predicted molar refractivity (Wildman–Crippen MR) is 121 cm³/mol. The Morgan fingerprint density at radius 1 is 1.10 bits per heavy atom. The molecule has 31 heavy (non-hydrogen) atoms. The van der Waals surface area contributed by atoms with Crippen molar-refractivity contribution >= 4 is 29.1 Å². The molecule has 1 N–H and O–H groups in total. The highest BCUT2D eigenvalue weighted by Crippen LogP contribution is 2.23. The maximum absolute atomic E-state index is 12.9. The van der Waals surface area contributed by atoms with E-state index in [2.05, 4.69) is 10.4 Å². The number of carbonyl (C=O) groups excluding carboxylic acids is 2. The Labute approximate surface area is 186 Å². The number of carbonyl (C=O) groups is 2. The van der Waals surface area contributed by atoms with E-state index >= 15 is 0 Å². The van der Waals surface area contributed by atoms with Crippen LogP contribution in [-0.2, 0) is 17.9 Å². The lowest BCUT2D eigenvalue weighted by Gasteiger charge is -2.27. The highest BCUT2D eigenvalue weighted by atomic mass is 35.5. The van der Waals surface area contributed by atoms with Gasteiger partial charge < -0.3 is 10.2 Å². The Balaban J connectivity index is 1.44. The summed E-state index contributed by atoms with van der Waals surface area (Å²) in [6.07, 6.45) is 2.55. The van der Waals surface area contributed by atoms with Crippen LogP contribution >= 0.6 is 11.6 Å². The zero-order chi connectivity index (χ0) is 21.8. The molecule has 6 nitrogen and oxygen atoms in total. The lowest BCUT2D eigenvalue weighted by molar-refractivity contribution is -0.119. The Bertz CT molecular complexity index is 1090. The van der Waals surface area contributed by atoms with E-state index < -0.39 is 0 Å². The monoisotopic (exact) mass is 436 g/mol. The number of aryl methyl sites for hydroxylation is 1. The molecule has 1 aliphatic rings. The topological polar surface area (TPSA) is 67.2 Å². The summed E-state index contributed by atoms with van der Waals surface area (Å²) in [6, 6.07) is 17.6. The van der Waals surface area contributed by atoms with Crippen LogP contribution in [0.5, 0.6) is 0 Å². The SMILES string of the molecule is Cc1nn(Cc2ccccc2)c(Cl)c1C(=O)NCc1cccc(N2CCCCC2=O)c1. The Morgan fingerprint density at radius 3 is 2.65 bits per heavy atom. The van der Waals surface area contributed by atoms with Crippen molar-refractivity contribution < 1.29 is 9.59 Å². The van der Waals surface area contributed by atoms with E-state index in [0.717, 1.165) is 36.2 Å². The molecular weight excluding hydrogens is 412 g/mol. The molecule has 1 saturated heterocycles. The van der Waals surface area contributed by atoms with E-state index in [4.69, 9.17) is 11.6 Å². The van der Waals surface area contributed by atoms with E-state index in [1.807, 2.05) is 59.5 Å². The minimum absolute atomic E-state index is 0.153. The van der Waals surface area contributed by atoms with Crippen molar-refractivity contribution in [2.24, 2.45) is 0 Å². The van der Waals surface area contributed by atoms with Crippen LogP contribution in [0.15, 0.2) is 54.6 Å². The summed E-state index contributed by atoms with van der Waals surface area (Å²) < 4.78 is 1.64. The second-order valence-corrected chi connectivity index (χ2v) is 8.11. The number of nitrogens with zero attached hydrogens (tertiary/aromatic N) is 3. The van der Waals surface area contributed by atoms with Crippen LogP contribution < -0.4 is 10.2 Å². The standard InChI is InChI=1S/C24H25ClN4O2/c1-17-22(23(25)29(27-17)16-18-8-3-2-4-9-18)24(31)26-15-19-10-7-11-20(14-19)28-13-6-5-12-21(28)30/h2-4,7-11,14H,5-6,12-13,15-16H2,1H3,(H,26,31). The molecule has 0 unspecified atom stereocenters. The van der Waals surface area contributed by atoms with Gasteiger partial charge in [0, 0.05) is 25.2 Å². The van der Waals surface area contributed by atoms with Crippen molar-refractivity contribution in [1.29, 1.82) is 0 Å². The third-order valence-electron chi connectivity index (χ3n) is 5.47. The van der Waals surface area contributed by atoms with Gasteiger partial charge in [-0.1, -0.05) is 54.1 Å². The quantitative estimate of drug-likeness (QED) is 0.625. The van der Waals surface area contributed by atoms with Crippen molar-refractivity contribution in [1.82, 2.24) is 15.1 Å². The fourth-order valence-electron chi connectivity index (χ4n) is 3.86. The minimum atomic E-state index is -0.263. The number of hydrogen-bond acceptors (Lipinski definition) is 3. The first kappa shape index (κ1) is 21.1. The average Bonchev–Trinajstić information content (AvgIpc) is 3.06. The first-order valence-electron chi connectivity index (χ1n) is 10.5. The van der Waals surface area contributed by atoms with Crippen LogP contribution in [0.25, 0.3) is 0 Å². The molecular formula is C24H25ClN4O2. The molecule has 4 rings (SSSR count). The number of nitrogens with one attached hydrogen (secondary N) is 1. The molecule has 1 aliphatic heterocycles. The smallest absolute Gasteiger partial charge is 0.256 e. The van der Waals surface area contributed by atoms with Crippen molar-refractivity contribution in [2.45, 2.75) is 39.3 Å². The summed E-state index contributed by atoms with van der Waals surface area (Å²) in [7, 11) is 0. The van der Waals surface area contributed by atoms with Gasteiger partial charge in [-0.2, -0.15) is 5.10 Å². The zero-order valence-corrected chi connectivity index (χ0v) is 18.2. The molecule has 2 aromatic carbocycles. The summed E-state index contributed by atoms with van der Waals surface area (Å²) in [5.74, 6) is -0.109. The van der Waals surface area contributed by atoms with Gasteiger partial charge in [-0.05, 0) is 43.0 Å². The minimum Gasteiger partial charge on any atom is -0.348 e. The van der Waals surface area contributed by atoms with Gasteiger partial charge in [0.15, 0.2) is 0 Å². The van der Waals surface area contributed by atoms with Gasteiger partial charge in [0.2, 0.25) is 5.91 Å². The number of anilines is 1. The zero-order valence-electron chi connectivity index (χ0n) is 17.5. The number of piperidine rings is 1. The van der Waals surface area contributed by atoms with E-state index in [-0.39, 0.29) is 11.8 Å². The van der Waals surface area contributed by atoms with Crippen LogP contribution in [-0.4, -0.2) is 28.1 Å². The second kappa shape index (κ2) is 9.35. The molecule has 160 valence electrons. The molecule has 0 bridgehead atoms. The Hall–Kier alpha value is -3.12. The first-order valence-corrected chi connectivity index (χ1v) is 10.8. The van der Waals surface area contributed by atoms with E-state index in [1.165, 1.54) is 0 Å². The lowest BCUT2D eigenvalue weighted by Crippen LogP contribution is -2.35. The molecule has 0 spiro atoms. The van der Waals surface area contributed by atoms with Gasteiger partial charge in [0.05, 0.1) is 17.8 Å². The summed E-state index contributed by atoms with van der Waals surface area (Å²) >= 11 is 6.49. The van der Waals surface area contributed by atoms with Crippen LogP contribution in [0, 0.1) is 6.92 Å². The van der Waals surface area contributed by atoms with Crippen LogP contribution in [0.1, 0.15) is 46.4 Å². The van der Waals surface area contributed by atoms with Gasteiger partial charge in [-0.25, -0.2) is 4.68 Å². The van der Waals surface area contributed by atoms with Gasteiger partial charge in [0.25, 0.3) is 5.91 Å². The largest absolute Gasteiger partial charge is 0.348 e. The molecule has 7 heteroatoms. The maximum Gasteiger partial charge on any atom is 0.256 e. The summed E-state index contributed by atoms with van der Waals surface area (Å²) in [6.45, 7) is 3.36. The summed E-state index contributed by atoms with van der Waals surface area (Å²) in [5.41, 5.74) is 3.84. The molecule has 2 amide bonds.